The van der Waals surface area contributed by atoms with Crippen molar-refractivity contribution < 1.29 is 32.2 Å². The number of alkyl halides is 3. The van der Waals surface area contributed by atoms with E-state index in [1.807, 2.05) is 13.0 Å². The summed E-state index contributed by atoms with van der Waals surface area (Å²) in [7, 11) is 2.19. The van der Waals surface area contributed by atoms with Gasteiger partial charge in [-0.3, -0.25) is 4.79 Å². The van der Waals surface area contributed by atoms with E-state index < -0.39 is 23.7 Å². The van der Waals surface area contributed by atoms with E-state index in [0.717, 1.165) is 29.7 Å². The van der Waals surface area contributed by atoms with Crippen molar-refractivity contribution in [2.75, 3.05) is 19.5 Å². The van der Waals surface area contributed by atoms with Gasteiger partial charge >= 0.3 is 17.8 Å². The Kier molecular flexibility index (Phi) is 6.88. The number of carbonyl (C=O) groups is 2. The van der Waals surface area contributed by atoms with Crippen LogP contribution in [0.25, 0.3) is 0 Å². The molecular weight excluding hydrogens is 459 g/mol. The van der Waals surface area contributed by atoms with E-state index in [9.17, 15) is 28.0 Å². The summed E-state index contributed by atoms with van der Waals surface area (Å²) >= 11 is 0.980. The van der Waals surface area contributed by atoms with Gasteiger partial charge in [0, 0.05) is 10.4 Å². The quantitative estimate of drug-likeness (QED) is 0.477. The van der Waals surface area contributed by atoms with Crippen molar-refractivity contribution in [1.82, 2.24) is 5.32 Å². The maximum Gasteiger partial charge on any atom is 0.441 e. The highest BCUT2D eigenvalue weighted by Crippen LogP contribution is 2.42. The average Bonchev–Trinajstić information content (AvgIpc) is 3.12. The topological polar surface area (TPSA) is 100 Å². The lowest BCUT2D eigenvalue weighted by atomic mass is 9.88. The molecule has 11 heteroatoms. The monoisotopic (exact) mass is 481 g/mol. The number of hydrogen-bond acceptors (Lipinski definition) is 7. The van der Waals surface area contributed by atoms with Crippen molar-refractivity contribution in [2.45, 2.75) is 38.0 Å². The zero-order chi connectivity index (χ0) is 24.4. The van der Waals surface area contributed by atoms with Crippen LogP contribution in [0.3, 0.4) is 0 Å². The average molecular weight is 481 g/mol. The SMILES string of the molecule is COC(=O)[C@](NC(=O)c1ccc(OC)cc1)(Nc1sc2c(c1C#N)CC[C@H](C)C2)C(F)(F)F. The highest BCUT2D eigenvalue weighted by Gasteiger charge is 2.64. The van der Waals surface area contributed by atoms with E-state index in [0.29, 0.717) is 30.1 Å². The number of carbonyl (C=O) groups excluding carboxylic acids is 2. The molecule has 2 N–H and O–H groups in total. The van der Waals surface area contributed by atoms with Crippen LogP contribution in [-0.2, 0) is 22.4 Å². The molecular formula is C22H22F3N3O4S. The fraction of sp³-hybridized carbons (Fsp3) is 0.409. The Morgan fingerprint density at radius 3 is 2.42 bits per heavy atom. The van der Waals surface area contributed by atoms with E-state index in [4.69, 9.17) is 4.74 Å². The Labute approximate surface area is 192 Å². The molecule has 0 saturated heterocycles. The van der Waals surface area contributed by atoms with Gasteiger partial charge in [-0.05, 0) is 55.0 Å². The summed E-state index contributed by atoms with van der Waals surface area (Å²) in [5.74, 6) is -2.21. The number of esters is 1. The minimum Gasteiger partial charge on any atom is -0.497 e. The number of ether oxygens (including phenoxy) is 2. The van der Waals surface area contributed by atoms with Crippen LogP contribution in [0.4, 0.5) is 18.2 Å². The Balaban J connectivity index is 2.06. The van der Waals surface area contributed by atoms with Crippen LogP contribution in [0, 0.1) is 17.2 Å². The van der Waals surface area contributed by atoms with E-state index >= 15 is 0 Å². The molecule has 1 aromatic heterocycles. The molecule has 0 unspecified atom stereocenters. The van der Waals surface area contributed by atoms with Crippen LogP contribution in [0.2, 0.25) is 0 Å². The summed E-state index contributed by atoms with van der Waals surface area (Å²) in [4.78, 5) is 26.1. The summed E-state index contributed by atoms with van der Waals surface area (Å²) in [6, 6.07) is 7.28. The highest BCUT2D eigenvalue weighted by molar-refractivity contribution is 7.16. The molecule has 3 rings (SSSR count). The minimum absolute atomic E-state index is 0.0399. The summed E-state index contributed by atoms with van der Waals surface area (Å²) in [5, 5.41) is 13.4. The smallest absolute Gasteiger partial charge is 0.441 e. The molecule has 0 radical (unpaired) electrons. The number of nitrogens with zero attached hydrogens (tertiary/aromatic N) is 1. The van der Waals surface area contributed by atoms with Gasteiger partial charge in [0.2, 0.25) is 0 Å². The van der Waals surface area contributed by atoms with Gasteiger partial charge in [0.15, 0.2) is 0 Å². The lowest BCUT2D eigenvalue weighted by Crippen LogP contribution is -2.69. The number of benzene rings is 1. The van der Waals surface area contributed by atoms with Gasteiger partial charge in [-0.1, -0.05) is 6.92 Å². The van der Waals surface area contributed by atoms with Crippen LogP contribution in [0.1, 0.15) is 39.7 Å². The molecule has 33 heavy (non-hydrogen) atoms. The third-order valence-corrected chi connectivity index (χ3v) is 6.66. The Bertz CT molecular complexity index is 1090. The zero-order valence-corrected chi connectivity index (χ0v) is 18.9. The molecule has 2 aromatic rings. The highest BCUT2D eigenvalue weighted by atomic mass is 32.1. The van der Waals surface area contributed by atoms with Gasteiger partial charge in [-0.25, -0.2) is 4.79 Å². The molecule has 1 aliphatic carbocycles. The predicted molar refractivity (Wildman–Crippen MR) is 115 cm³/mol. The summed E-state index contributed by atoms with van der Waals surface area (Å²) in [6.45, 7) is 2.02. The molecule has 0 fully saturated rings. The molecule has 0 saturated carbocycles. The van der Waals surface area contributed by atoms with Gasteiger partial charge in [0.05, 0.1) is 19.8 Å². The number of thiophene rings is 1. The number of amides is 1. The number of anilines is 1. The van der Waals surface area contributed by atoms with Crippen LogP contribution in [-0.4, -0.2) is 37.9 Å². The molecule has 0 bridgehead atoms. The molecule has 1 aliphatic rings. The lowest BCUT2D eigenvalue weighted by molar-refractivity contribution is -0.203. The van der Waals surface area contributed by atoms with E-state index in [2.05, 4.69) is 10.1 Å². The van der Waals surface area contributed by atoms with Crippen LogP contribution >= 0.6 is 11.3 Å². The number of nitriles is 1. The third kappa shape index (κ3) is 4.61. The second kappa shape index (κ2) is 9.31. The van der Waals surface area contributed by atoms with Gasteiger partial charge in [0.1, 0.15) is 16.8 Å². The van der Waals surface area contributed by atoms with E-state index in [1.165, 1.54) is 31.4 Å². The largest absolute Gasteiger partial charge is 0.497 e. The van der Waals surface area contributed by atoms with E-state index in [1.54, 1.807) is 5.32 Å². The number of hydrogen-bond donors (Lipinski definition) is 2. The van der Waals surface area contributed by atoms with Crippen molar-refractivity contribution in [3.63, 3.8) is 0 Å². The minimum atomic E-state index is -5.30. The molecule has 1 aromatic carbocycles. The normalized spacial score (nSPS) is 17.2. The van der Waals surface area contributed by atoms with E-state index in [-0.39, 0.29) is 16.1 Å². The fourth-order valence-electron chi connectivity index (χ4n) is 3.66. The van der Waals surface area contributed by atoms with Gasteiger partial charge < -0.3 is 20.1 Å². The maximum atomic E-state index is 14.4. The molecule has 0 spiro atoms. The maximum absolute atomic E-state index is 14.4. The van der Waals surface area contributed by atoms with Crippen molar-refractivity contribution in [3.8, 4) is 11.8 Å². The Morgan fingerprint density at radius 2 is 1.88 bits per heavy atom. The first-order valence-corrected chi connectivity index (χ1v) is 10.8. The van der Waals surface area contributed by atoms with Crippen LogP contribution in [0.15, 0.2) is 24.3 Å². The van der Waals surface area contributed by atoms with Crippen molar-refractivity contribution >= 4 is 28.2 Å². The summed E-state index contributed by atoms with van der Waals surface area (Å²) < 4.78 is 52.6. The molecule has 1 amide bonds. The fourth-order valence-corrected chi connectivity index (χ4v) is 5.07. The van der Waals surface area contributed by atoms with Crippen molar-refractivity contribution in [2.24, 2.45) is 5.92 Å². The van der Waals surface area contributed by atoms with Crippen molar-refractivity contribution in [3.05, 3.63) is 45.8 Å². The molecule has 0 aliphatic heterocycles. The summed E-state index contributed by atoms with van der Waals surface area (Å²) in [5.41, 5.74) is -3.03. The second-order valence-electron chi connectivity index (χ2n) is 7.71. The number of fused-ring (bicyclic) bond motifs is 1. The molecule has 2 atom stereocenters. The Morgan fingerprint density at radius 1 is 1.21 bits per heavy atom. The Hall–Kier alpha value is -3.26. The van der Waals surface area contributed by atoms with Crippen LogP contribution < -0.4 is 15.4 Å². The zero-order valence-electron chi connectivity index (χ0n) is 18.1. The third-order valence-electron chi connectivity index (χ3n) is 5.49. The number of methoxy groups -OCH3 is 2. The number of halogens is 3. The van der Waals surface area contributed by atoms with Crippen LogP contribution in [0.5, 0.6) is 5.75 Å². The molecule has 7 nitrogen and oxygen atoms in total. The van der Waals surface area contributed by atoms with Crippen molar-refractivity contribution in [1.29, 1.82) is 5.26 Å². The first-order chi connectivity index (χ1) is 15.6. The van der Waals surface area contributed by atoms with Gasteiger partial charge in [-0.2, -0.15) is 18.4 Å². The first kappa shape index (κ1) is 24.4. The van der Waals surface area contributed by atoms with Gasteiger partial charge in [-0.15, -0.1) is 11.3 Å². The number of rotatable bonds is 6. The molecule has 176 valence electrons. The predicted octanol–water partition coefficient (Wildman–Crippen LogP) is 4.03. The standard InChI is InChI=1S/C22H22F3N3O4S/c1-12-4-9-15-16(11-26)19(33-17(15)10-12)28-21(20(30)32-3,22(23,24)25)27-18(29)13-5-7-14(31-2)8-6-13/h5-8,12,28H,4,9-10H2,1-3H3,(H,27,29)/t12-,21-/m0/s1. The summed E-state index contributed by atoms with van der Waals surface area (Å²) in [6.07, 6.45) is -3.33. The van der Waals surface area contributed by atoms with Gasteiger partial charge in [0.25, 0.3) is 5.91 Å². The first-order valence-electron chi connectivity index (χ1n) is 10.0. The second-order valence-corrected chi connectivity index (χ2v) is 8.82. The molecule has 1 heterocycles. The number of nitrogens with one attached hydrogen (secondary N) is 2. The lowest BCUT2D eigenvalue weighted by Gasteiger charge is -2.34.